The Hall–Kier alpha value is -1.48. The maximum atomic E-state index is 12.3. The van der Waals surface area contributed by atoms with Gasteiger partial charge in [-0.05, 0) is 35.6 Å². The lowest BCUT2D eigenvalue weighted by Crippen LogP contribution is -2.22. The van der Waals surface area contributed by atoms with Gasteiger partial charge in [-0.15, -0.1) is 11.8 Å². The molecule has 0 bridgehead atoms. The Morgan fingerprint density at radius 1 is 1.27 bits per heavy atom. The zero-order valence-corrected chi connectivity index (χ0v) is 19.0. The fourth-order valence-electron chi connectivity index (χ4n) is 3.22. The van der Waals surface area contributed by atoms with Crippen LogP contribution < -0.4 is 4.74 Å². The Labute approximate surface area is 186 Å². The van der Waals surface area contributed by atoms with Crippen LogP contribution in [-0.2, 0) is 20.7 Å². The Bertz CT molecular complexity index is 706. The number of carbonyl (C=O) groups excluding carboxylic acids is 2. The van der Waals surface area contributed by atoms with Gasteiger partial charge in [0.25, 0.3) is 0 Å². The predicted octanol–water partition coefficient (Wildman–Crippen LogP) is 2.50. The molecule has 1 aliphatic rings. The second kappa shape index (κ2) is 13.0. The number of ether oxygens (including phenoxy) is 2. The van der Waals surface area contributed by atoms with Crippen molar-refractivity contribution in [2.45, 2.75) is 36.7 Å². The molecule has 1 saturated carbocycles. The zero-order valence-electron chi connectivity index (χ0n) is 17.4. The highest BCUT2D eigenvalue weighted by molar-refractivity contribution is 8.01. The monoisotopic (exact) mass is 454 g/mol. The predicted molar refractivity (Wildman–Crippen MR) is 121 cm³/mol. The summed E-state index contributed by atoms with van der Waals surface area (Å²) in [4.78, 5) is 23.4. The first-order chi connectivity index (χ1) is 14.4. The molecular formula is C22H30O6S2. The third-order valence-corrected chi connectivity index (χ3v) is 7.34. The van der Waals surface area contributed by atoms with Crippen molar-refractivity contribution in [2.75, 3.05) is 31.5 Å². The highest BCUT2D eigenvalue weighted by atomic mass is 32.2. The fourth-order valence-corrected chi connectivity index (χ4v) is 5.52. The first-order valence-corrected chi connectivity index (χ1v) is 12.1. The minimum Gasteiger partial charge on any atom is -0.497 e. The van der Waals surface area contributed by atoms with Crippen molar-refractivity contribution in [2.24, 2.45) is 5.92 Å². The molecule has 8 heteroatoms. The molecule has 6 nitrogen and oxygen atoms in total. The van der Waals surface area contributed by atoms with E-state index in [4.69, 9.17) is 4.74 Å². The van der Waals surface area contributed by atoms with Crippen LogP contribution in [0.15, 0.2) is 36.4 Å². The second-order valence-corrected chi connectivity index (χ2v) is 9.45. The van der Waals surface area contributed by atoms with Crippen LogP contribution in [0.3, 0.4) is 0 Å². The van der Waals surface area contributed by atoms with E-state index in [-0.39, 0.29) is 29.3 Å². The average Bonchev–Trinajstić information content (AvgIpc) is 3.01. The maximum absolute atomic E-state index is 12.3. The highest BCUT2D eigenvalue weighted by Crippen LogP contribution is 2.34. The first kappa shape index (κ1) is 24.8. The smallest absolute Gasteiger partial charge is 0.315 e. The minimum atomic E-state index is -0.715. The van der Waals surface area contributed by atoms with E-state index in [0.717, 1.165) is 29.2 Å². The van der Waals surface area contributed by atoms with Crippen LogP contribution in [0.25, 0.3) is 0 Å². The summed E-state index contributed by atoms with van der Waals surface area (Å²) in [6.07, 6.45) is 3.52. The van der Waals surface area contributed by atoms with Gasteiger partial charge in [0, 0.05) is 18.8 Å². The zero-order chi connectivity index (χ0) is 21.9. The van der Waals surface area contributed by atoms with Gasteiger partial charge >= 0.3 is 5.97 Å². The van der Waals surface area contributed by atoms with Crippen LogP contribution in [0.1, 0.15) is 18.4 Å². The summed E-state index contributed by atoms with van der Waals surface area (Å²) in [5, 5.41) is 20.3. The van der Waals surface area contributed by atoms with Gasteiger partial charge in [0.2, 0.25) is 0 Å². The molecule has 2 N–H and O–H groups in total. The average molecular weight is 455 g/mol. The van der Waals surface area contributed by atoms with Crippen molar-refractivity contribution in [3.63, 3.8) is 0 Å². The summed E-state index contributed by atoms with van der Waals surface area (Å²) in [5.74, 6) is 2.20. The molecular weight excluding hydrogens is 424 g/mol. The second-order valence-electron chi connectivity index (χ2n) is 7.09. The van der Waals surface area contributed by atoms with E-state index < -0.39 is 12.2 Å². The van der Waals surface area contributed by atoms with Gasteiger partial charge in [-0.3, -0.25) is 9.59 Å². The maximum Gasteiger partial charge on any atom is 0.315 e. The molecule has 2 rings (SSSR count). The van der Waals surface area contributed by atoms with Gasteiger partial charge in [-0.1, -0.05) is 24.3 Å². The van der Waals surface area contributed by atoms with E-state index in [0.29, 0.717) is 12.2 Å². The molecule has 30 heavy (non-hydrogen) atoms. The van der Waals surface area contributed by atoms with Crippen molar-refractivity contribution >= 4 is 35.3 Å². The molecule has 0 spiro atoms. The number of carbonyl (C=O) groups is 2. The van der Waals surface area contributed by atoms with Crippen LogP contribution in [0.5, 0.6) is 5.75 Å². The van der Waals surface area contributed by atoms with Crippen LogP contribution in [0, 0.1) is 5.92 Å². The third kappa shape index (κ3) is 7.98. The van der Waals surface area contributed by atoms with E-state index in [2.05, 4.69) is 4.74 Å². The molecule has 4 atom stereocenters. The molecule has 0 amide bonds. The van der Waals surface area contributed by atoms with Gasteiger partial charge in [0.1, 0.15) is 11.5 Å². The van der Waals surface area contributed by atoms with Crippen molar-refractivity contribution in [1.82, 2.24) is 0 Å². The highest BCUT2D eigenvalue weighted by Gasteiger charge is 2.40. The van der Waals surface area contributed by atoms with Gasteiger partial charge in [0.05, 0.1) is 37.4 Å². The Morgan fingerprint density at radius 2 is 2.00 bits per heavy atom. The summed E-state index contributed by atoms with van der Waals surface area (Å²) >= 11 is 3.05. The molecule has 1 aliphatic carbocycles. The number of hydrogen-bond donors (Lipinski definition) is 2. The molecule has 1 aromatic carbocycles. The van der Waals surface area contributed by atoms with Crippen molar-refractivity contribution in [1.29, 1.82) is 0 Å². The van der Waals surface area contributed by atoms with Crippen LogP contribution in [0.4, 0.5) is 0 Å². The number of hydrogen-bond acceptors (Lipinski definition) is 8. The van der Waals surface area contributed by atoms with E-state index in [1.54, 1.807) is 31.0 Å². The number of aliphatic hydroxyl groups is 2. The van der Waals surface area contributed by atoms with Crippen molar-refractivity contribution < 1.29 is 29.3 Å². The normalized spacial score (nSPS) is 22.4. The number of esters is 1. The molecule has 1 fully saturated rings. The number of rotatable bonds is 12. The molecule has 1 aromatic rings. The summed E-state index contributed by atoms with van der Waals surface area (Å²) in [6, 6.07) is 7.50. The van der Waals surface area contributed by atoms with Gasteiger partial charge in [-0.2, -0.15) is 11.8 Å². The molecule has 0 aliphatic heterocycles. The molecule has 0 aromatic heterocycles. The van der Waals surface area contributed by atoms with Crippen LogP contribution in [-0.4, -0.2) is 70.9 Å². The fraction of sp³-hybridized carbons (Fsp3) is 0.545. The Kier molecular flexibility index (Phi) is 10.8. The summed E-state index contributed by atoms with van der Waals surface area (Å²) in [5.41, 5.74) is 0.978. The molecule has 0 saturated heterocycles. The van der Waals surface area contributed by atoms with E-state index in [1.165, 1.54) is 18.9 Å². The van der Waals surface area contributed by atoms with Gasteiger partial charge in [0.15, 0.2) is 0 Å². The summed E-state index contributed by atoms with van der Waals surface area (Å²) in [7, 11) is 2.98. The SMILES string of the molecule is COC(=O)CSCCCSC1C(=O)C[C@@H](O)C1/C=C/[C@H](O)Cc1ccc(OC)cc1. The van der Waals surface area contributed by atoms with Crippen molar-refractivity contribution in [3.8, 4) is 5.75 Å². The quantitative estimate of drug-likeness (QED) is 0.283. The minimum absolute atomic E-state index is 0.0500. The topological polar surface area (TPSA) is 93.1 Å². The standard InChI is InChI=1S/C22H30O6S2/c1-27-17-7-4-15(5-8-17)12-16(23)6-9-18-19(24)13-20(25)22(18)30-11-3-10-29-14-21(26)28-2/h4-9,16,18-19,22-24H,3,10-14H2,1-2H3/b9-6+/t16-,18?,19+,22?/m0/s1. The third-order valence-electron chi connectivity index (χ3n) is 4.86. The number of aliphatic hydroxyl groups excluding tert-OH is 2. The van der Waals surface area contributed by atoms with Crippen molar-refractivity contribution in [3.05, 3.63) is 42.0 Å². The Balaban J connectivity index is 1.81. The number of methoxy groups -OCH3 is 2. The van der Waals surface area contributed by atoms with Crippen LogP contribution >= 0.6 is 23.5 Å². The Morgan fingerprint density at radius 3 is 2.67 bits per heavy atom. The number of Topliss-reactive ketones (excluding diaryl/α,β-unsaturated/α-hetero) is 1. The van der Waals surface area contributed by atoms with E-state index in [9.17, 15) is 19.8 Å². The summed E-state index contributed by atoms with van der Waals surface area (Å²) < 4.78 is 9.73. The number of thioether (sulfide) groups is 2. The molecule has 2 unspecified atom stereocenters. The largest absolute Gasteiger partial charge is 0.497 e. The lowest BCUT2D eigenvalue weighted by atomic mass is 10.0. The number of ketones is 1. The number of benzene rings is 1. The lowest BCUT2D eigenvalue weighted by molar-refractivity contribution is -0.137. The van der Waals surface area contributed by atoms with E-state index in [1.807, 2.05) is 24.3 Å². The van der Waals surface area contributed by atoms with Gasteiger partial charge < -0.3 is 19.7 Å². The van der Waals surface area contributed by atoms with E-state index >= 15 is 0 Å². The summed E-state index contributed by atoms with van der Waals surface area (Å²) in [6.45, 7) is 0. The van der Waals surface area contributed by atoms with Gasteiger partial charge in [-0.25, -0.2) is 0 Å². The first-order valence-electron chi connectivity index (χ1n) is 9.90. The molecule has 166 valence electrons. The molecule has 0 radical (unpaired) electrons. The lowest BCUT2D eigenvalue weighted by Gasteiger charge is -2.17. The molecule has 0 heterocycles. The van der Waals surface area contributed by atoms with Crippen LogP contribution in [0.2, 0.25) is 0 Å².